The number of hydrogen-bond donors (Lipinski definition) is 0. The molecular weight excluding hydrogens is 460 g/mol. The van der Waals surface area contributed by atoms with Gasteiger partial charge in [-0.05, 0) is 48.9 Å². The Kier molecular flexibility index (Phi) is 6.43. The predicted octanol–water partition coefficient (Wildman–Crippen LogP) is 5.12. The van der Waals surface area contributed by atoms with Crippen LogP contribution in [0.25, 0.3) is 22.1 Å². The summed E-state index contributed by atoms with van der Waals surface area (Å²) >= 11 is 1.40. The second-order valence-electron chi connectivity index (χ2n) is 8.01. The molecule has 0 saturated heterocycles. The van der Waals surface area contributed by atoms with Gasteiger partial charge in [-0.3, -0.25) is 4.79 Å². The van der Waals surface area contributed by atoms with Crippen molar-refractivity contribution in [2.75, 3.05) is 14.1 Å². The third-order valence-corrected chi connectivity index (χ3v) is 5.75. The number of aryl methyl sites for hydroxylation is 1. The van der Waals surface area contributed by atoms with Crippen molar-refractivity contribution in [3.63, 3.8) is 0 Å². The van der Waals surface area contributed by atoms with Crippen molar-refractivity contribution in [1.82, 2.24) is 24.6 Å². The lowest BCUT2D eigenvalue weighted by atomic mass is 10.1. The molecule has 0 aliphatic heterocycles. The topological polar surface area (TPSA) is 73.1 Å². The van der Waals surface area contributed by atoms with Crippen LogP contribution in [0, 0.1) is 6.92 Å². The molecule has 176 valence electrons. The monoisotopic (exact) mass is 483 g/mol. The zero-order chi connectivity index (χ0) is 24.5. The highest BCUT2D eigenvalue weighted by Crippen LogP contribution is 2.29. The van der Waals surface area contributed by atoms with E-state index < -0.39 is 6.11 Å². The van der Waals surface area contributed by atoms with E-state index in [1.54, 1.807) is 37.0 Å². The van der Waals surface area contributed by atoms with E-state index >= 15 is 0 Å². The number of nitrogens with zero attached hydrogens (tertiary/aromatic N) is 5. The summed E-state index contributed by atoms with van der Waals surface area (Å²) in [6, 6.07) is 13.8. The van der Waals surface area contributed by atoms with Crippen LogP contribution in [0.3, 0.4) is 0 Å². The molecule has 4 aromatic rings. The molecule has 0 bridgehead atoms. The van der Waals surface area contributed by atoms with Gasteiger partial charge in [-0.15, -0.1) is 16.4 Å². The molecule has 0 saturated carbocycles. The van der Waals surface area contributed by atoms with Crippen LogP contribution >= 0.6 is 11.3 Å². The third-order valence-electron chi connectivity index (χ3n) is 4.91. The number of carbonyl (C=O) groups excluding carboxylic acids is 1. The Balaban J connectivity index is 1.51. The molecule has 2 aromatic carbocycles. The summed E-state index contributed by atoms with van der Waals surface area (Å²) < 4.78 is 32.4. The normalized spacial score (nSPS) is 11.5. The van der Waals surface area contributed by atoms with Crippen LogP contribution in [0.1, 0.15) is 28.7 Å². The lowest BCUT2D eigenvalue weighted by Gasteiger charge is -2.12. The SMILES string of the molecule is Cc1nc(-c2nc(-c3ccc(OC(C)(F)F)cc3)cs2)nn1Cc1cccc(C(=O)N(C)C)c1. The molecule has 2 heterocycles. The summed E-state index contributed by atoms with van der Waals surface area (Å²) in [5, 5.41) is 7.12. The van der Waals surface area contributed by atoms with E-state index in [-0.39, 0.29) is 11.7 Å². The van der Waals surface area contributed by atoms with E-state index in [2.05, 4.69) is 19.8 Å². The molecule has 2 aromatic heterocycles. The van der Waals surface area contributed by atoms with Gasteiger partial charge in [0.25, 0.3) is 5.91 Å². The molecule has 0 aliphatic rings. The smallest absolute Gasteiger partial charge is 0.394 e. The molecule has 10 heteroatoms. The minimum Gasteiger partial charge on any atom is -0.433 e. The maximum Gasteiger partial charge on any atom is 0.394 e. The Morgan fingerprint density at radius 1 is 1.15 bits per heavy atom. The Morgan fingerprint density at radius 3 is 2.56 bits per heavy atom. The molecule has 1 amide bonds. The van der Waals surface area contributed by atoms with Gasteiger partial charge in [0, 0.05) is 37.5 Å². The fourth-order valence-corrected chi connectivity index (χ4v) is 4.06. The minimum absolute atomic E-state index is 0.0591. The zero-order valence-corrected chi connectivity index (χ0v) is 19.9. The zero-order valence-electron chi connectivity index (χ0n) is 19.1. The molecule has 0 N–H and O–H groups in total. The van der Waals surface area contributed by atoms with Gasteiger partial charge in [-0.1, -0.05) is 12.1 Å². The third kappa shape index (κ3) is 5.45. The molecule has 0 unspecified atom stereocenters. The lowest BCUT2D eigenvalue weighted by molar-refractivity contribution is -0.158. The predicted molar refractivity (Wildman–Crippen MR) is 126 cm³/mol. The average molecular weight is 484 g/mol. The summed E-state index contributed by atoms with van der Waals surface area (Å²) in [7, 11) is 3.44. The Bertz CT molecular complexity index is 1310. The van der Waals surface area contributed by atoms with Crippen molar-refractivity contribution in [2.45, 2.75) is 26.5 Å². The number of benzene rings is 2. The fraction of sp³-hybridized carbons (Fsp3) is 0.250. The average Bonchev–Trinajstić information content (AvgIpc) is 3.40. The number of alkyl halides is 2. The first-order chi connectivity index (χ1) is 16.1. The molecule has 0 aliphatic carbocycles. The van der Waals surface area contributed by atoms with Crippen molar-refractivity contribution >= 4 is 17.2 Å². The number of aromatic nitrogens is 4. The summed E-state index contributed by atoms with van der Waals surface area (Å²) in [6.07, 6.45) is -3.24. The Labute approximate surface area is 199 Å². The van der Waals surface area contributed by atoms with Gasteiger partial charge < -0.3 is 9.64 Å². The number of rotatable bonds is 7. The highest BCUT2D eigenvalue weighted by atomic mass is 32.1. The fourth-order valence-electron chi connectivity index (χ4n) is 3.30. The highest BCUT2D eigenvalue weighted by Gasteiger charge is 2.23. The lowest BCUT2D eigenvalue weighted by Crippen LogP contribution is -2.21. The quantitative estimate of drug-likeness (QED) is 0.365. The van der Waals surface area contributed by atoms with Crippen molar-refractivity contribution in [2.24, 2.45) is 0 Å². The number of ether oxygens (including phenoxy) is 1. The molecule has 7 nitrogen and oxygen atoms in total. The second-order valence-corrected chi connectivity index (χ2v) is 8.87. The largest absolute Gasteiger partial charge is 0.433 e. The molecule has 0 radical (unpaired) electrons. The van der Waals surface area contributed by atoms with E-state index in [0.717, 1.165) is 17.0 Å². The first kappa shape index (κ1) is 23.5. The number of halogens is 2. The molecule has 34 heavy (non-hydrogen) atoms. The Hall–Kier alpha value is -3.66. The van der Waals surface area contributed by atoms with Gasteiger partial charge in [0.1, 0.15) is 11.6 Å². The van der Waals surface area contributed by atoms with E-state index in [0.29, 0.717) is 35.6 Å². The van der Waals surface area contributed by atoms with E-state index in [4.69, 9.17) is 0 Å². The highest BCUT2D eigenvalue weighted by molar-refractivity contribution is 7.13. The van der Waals surface area contributed by atoms with Crippen molar-refractivity contribution in [3.8, 4) is 27.8 Å². The number of hydrogen-bond acceptors (Lipinski definition) is 6. The van der Waals surface area contributed by atoms with Gasteiger partial charge >= 0.3 is 6.11 Å². The number of amides is 1. The maximum atomic E-state index is 13.0. The van der Waals surface area contributed by atoms with Crippen LogP contribution in [-0.4, -0.2) is 50.8 Å². The maximum absolute atomic E-state index is 13.0. The Morgan fingerprint density at radius 2 is 1.88 bits per heavy atom. The molecular formula is C24H23F2N5O2S. The second kappa shape index (κ2) is 9.30. The minimum atomic E-state index is -3.24. The van der Waals surface area contributed by atoms with Gasteiger partial charge in [0.05, 0.1) is 12.2 Å². The molecule has 0 fully saturated rings. The van der Waals surface area contributed by atoms with Crippen LogP contribution in [-0.2, 0) is 6.54 Å². The molecule has 0 atom stereocenters. The van der Waals surface area contributed by atoms with Gasteiger partial charge in [0.15, 0.2) is 5.01 Å². The summed E-state index contributed by atoms with van der Waals surface area (Å²) in [5.74, 6) is 1.24. The first-order valence-corrected chi connectivity index (χ1v) is 11.3. The van der Waals surface area contributed by atoms with Crippen molar-refractivity contribution < 1.29 is 18.3 Å². The standard InChI is InChI=1S/C24H23F2N5O2S/c1-15-27-21(29-31(15)13-16-6-5-7-18(12-16)23(32)30(3)4)22-28-20(14-34-22)17-8-10-19(11-9-17)33-24(2,25)26/h5-12,14H,13H2,1-4H3. The molecule has 0 spiro atoms. The van der Waals surface area contributed by atoms with Crippen LogP contribution in [0.15, 0.2) is 53.9 Å². The summed E-state index contributed by atoms with van der Waals surface area (Å²) in [6.45, 7) is 3.03. The summed E-state index contributed by atoms with van der Waals surface area (Å²) in [5.41, 5.74) is 3.02. The van der Waals surface area contributed by atoms with Gasteiger partial charge in [-0.2, -0.15) is 8.78 Å². The van der Waals surface area contributed by atoms with Gasteiger partial charge in [0.2, 0.25) is 5.82 Å². The van der Waals surface area contributed by atoms with E-state index in [9.17, 15) is 13.6 Å². The van der Waals surface area contributed by atoms with Gasteiger partial charge in [-0.25, -0.2) is 14.6 Å². The number of thiazole rings is 1. The van der Waals surface area contributed by atoms with Crippen LogP contribution in [0.2, 0.25) is 0 Å². The number of carbonyl (C=O) groups is 1. The first-order valence-electron chi connectivity index (χ1n) is 10.4. The van der Waals surface area contributed by atoms with E-state index in [1.807, 2.05) is 30.5 Å². The van der Waals surface area contributed by atoms with Crippen molar-refractivity contribution in [3.05, 3.63) is 70.9 Å². The van der Waals surface area contributed by atoms with Crippen molar-refractivity contribution in [1.29, 1.82) is 0 Å². The molecule has 4 rings (SSSR count). The van der Waals surface area contributed by atoms with Crippen LogP contribution < -0.4 is 4.74 Å². The van der Waals surface area contributed by atoms with Crippen LogP contribution in [0.4, 0.5) is 8.78 Å². The van der Waals surface area contributed by atoms with E-state index in [1.165, 1.54) is 28.4 Å². The van der Waals surface area contributed by atoms with Crippen LogP contribution in [0.5, 0.6) is 5.75 Å². The summed E-state index contributed by atoms with van der Waals surface area (Å²) in [4.78, 5) is 22.9.